The molecule has 1 aliphatic heterocycles. The quantitative estimate of drug-likeness (QED) is 0.666. The fourth-order valence-electron chi connectivity index (χ4n) is 2.83. The molecule has 0 spiro atoms. The Kier molecular flexibility index (Phi) is 4.69. The summed E-state index contributed by atoms with van der Waals surface area (Å²) in [4.78, 5) is 12.5. The third-order valence-electron chi connectivity index (χ3n) is 4.12. The van der Waals surface area contributed by atoms with E-state index in [9.17, 15) is 10.0 Å². The second-order valence-electron chi connectivity index (χ2n) is 5.51. The van der Waals surface area contributed by atoms with E-state index in [0.717, 1.165) is 16.2 Å². The summed E-state index contributed by atoms with van der Waals surface area (Å²) in [5.41, 5.74) is 4.19. The molecule has 6 nitrogen and oxygen atoms in total. The highest BCUT2D eigenvalue weighted by Crippen LogP contribution is 2.44. The van der Waals surface area contributed by atoms with Crippen LogP contribution in [0, 0.1) is 0 Å². The molecule has 1 heterocycles. The number of benzene rings is 2. The topological polar surface area (TPSA) is 65.0 Å². The molecule has 0 bridgehead atoms. The maximum atomic E-state index is 12.5. The van der Waals surface area contributed by atoms with Gasteiger partial charge in [0.25, 0.3) is 0 Å². The summed E-state index contributed by atoms with van der Waals surface area (Å²) in [5.74, 6) is 1.27. The Morgan fingerprint density at radius 2 is 1.54 bits per heavy atom. The van der Waals surface area contributed by atoms with Crippen molar-refractivity contribution in [2.75, 3.05) is 13.1 Å². The number of nitrogens with zero attached hydrogens (tertiary/aromatic N) is 2. The molecule has 0 atom stereocenters. The molecule has 2 N–H and O–H groups in total. The summed E-state index contributed by atoms with van der Waals surface area (Å²) in [7, 11) is 0. The van der Waals surface area contributed by atoms with E-state index in [2.05, 4.69) is 5.43 Å². The van der Waals surface area contributed by atoms with E-state index in [1.165, 1.54) is 0 Å². The minimum atomic E-state index is -0.623. The normalized spacial score (nSPS) is 13.0. The van der Waals surface area contributed by atoms with Crippen LogP contribution in [0.15, 0.2) is 48.5 Å². The van der Waals surface area contributed by atoms with Crippen LogP contribution in [0.5, 0.6) is 11.5 Å². The molecule has 24 heavy (non-hydrogen) atoms. The minimum absolute atomic E-state index is 0.574. The van der Waals surface area contributed by atoms with E-state index in [0.29, 0.717) is 24.6 Å². The number of hydrogen-bond acceptors (Lipinski definition) is 4. The van der Waals surface area contributed by atoms with Gasteiger partial charge in [-0.15, -0.1) is 0 Å². The molecule has 2 aromatic carbocycles. The van der Waals surface area contributed by atoms with Crippen molar-refractivity contribution in [1.82, 2.24) is 15.5 Å². The lowest BCUT2D eigenvalue weighted by Crippen LogP contribution is -2.49. The molecule has 0 fully saturated rings. The fourth-order valence-corrected chi connectivity index (χ4v) is 2.83. The summed E-state index contributed by atoms with van der Waals surface area (Å²) >= 11 is 0. The highest BCUT2D eigenvalue weighted by molar-refractivity contribution is 5.74. The summed E-state index contributed by atoms with van der Waals surface area (Å²) in [6, 6.07) is 13.6. The van der Waals surface area contributed by atoms with Gasteiger partial charge >= 0.3 is 6.03 Å². The number of urea groups is 1. The first-order valence-corrected chi connectivity index (χ1v) is 8.05. The summed E-state index contributed by atoms with van der Waals surface area (Å²) < 4.78 is 5.88. The number of carbonyl (C=O) groups is 1. The first-order chi connectivity index (χ1) is 11.7. The van der Waals surface area contributed by atoms with Crippen LogP contribution in [0.1, 0.15) is 31.0 Å². The second kappa shape index (κ2) is 6.90. The van der Waals surface area contributed by atoms with Gasteiger partial charge in [-0.2, -0.15) is 5.06 Å². The molecule has 2 amide bonds. The van der Waals surface area contributed by atoms with E-state index in [1.54, 1.807) is 5.01 Å². The summed E-state index contributed by atoms with van der Waals surface area (Å²) in [6.07, 6.45) is 0. The van der Waals surface area contributed by atoms with Crippen LogP contribution < -0.4 is 10.2 Å². The van der Waals surface area contributed by atoms with Crippen molar-refractivity contribution in [3.63, 3.8) is 0 Å². The molecular formula is C18H21N3O3. The van der Waals surface area contributed by atoms with Gasteiger partial charge in [0.15, 0.2) is 0 Å². The Bertz CT molecular complexity index is 685. The zero-order chi connectivity index (χ0) is 17.1. The Morgan fingerprint density at radius 3 is 2.04 bits per heavy atom. The molecule has 3 rings (SSSR count). The van der Waals surface area contributed by atoms with Gasteiger partial charge in [0.2, 0.25) is 0 Å². The SMILES string of the molecule is CCN(CC)NC(=O)N(O)C1c2ccccc2Oc2ccccc21. The van der Waals surface area contributed by atoms with Crippen molar-refractivity contribution < 1.29 is 14.7 Å². The van der Waals surface area contributed by atoms with Crippen molar-refractivity contribution in [3.05, 3.63) is 59.7 Å². The van der Waals surface area contributed by atoms with E-state index < -0.39 is 12.1 Å². The standard InChI is InChI=1S/C18H21N3O3/c1-3-20(4-2)19-18(22)21(23)17-13-9-5-7-11-15(13)24-16-12-8-6-10-14(16)17/h5-12,17,23H,3-4H2,1-2H3,(H,19,22). The van der Waals surface area contributed by atoms with Crippen LogP contribution in [-0.4, -0.2) is 34.4 Å². The Labute approximate surface area is 141 Å². The minimum Gasteiger partial charge on any atom is -0.457 e. The van der Waals surface area contributed by atoms with Gasteiger partial charge in [0.05, 0.1) is 0 Å². The van der Waals surface area contributed by atoms with Crippen LogP contribution in [-0.2, 0) is 0 Å². The third kappa shape index (κ3) is 2.93. The predicted molar refractivity (Wildman–Crippen MR) is 89.9 cm³/mol. The summed E-state index contributed by atoms with van der Waals surface area (Å²) in [5, 5.41) is 13.1. The molecule has 6 heteroatoms. The lowest BCUT2D eigenvalue weighted by molar-refractivity contribution is -0.0760. The fraction of sp³-hybridized carbons (Fsp3) is 0.278. The number of amides is 2. The number of rotatable bonds is 4. The van der Waals surface area contributed by atoms with Crippen LogP contribution in [0.3, 0.4) is 0 Å². The zero-order valence-electron chi connectivity index (χ0n) is 13.8. The van der Waals surface area contributed by atoms with Gasteiger partial charge < -0.3 is 4.74 Å². The predicted octanol–water partition coefficient (Wildman–Crippen LogP) is 3.54. The molecular weight excluding hydrogens is 306 g/mol. The highest BCUT2D eigenvalue weighted by atomic mass is 16.5. The third-order valence-corrected chi connectivity index (χ3v) is 4.12. The van der Waals surface area contributed by atoms with E-state index in [-0.39, 0.29) is 0 Å². The van der Waals surface area contributed by atoms with Crippen molar-refractivity contribution in [2.24, 2.45) is 0 Å². The van der Waals surface area contributed by atoms with Gasteiger partial charge in [-0.1, -0.05) is 50.2 Å². The molecule has 0 aliphatic carbocycles. The number of nitrogens with one attached hydrogen (secondary N) is 1. The molecule has 0 saturated carbocycles. The van der Waals surface area contributed by atoms with Gasteiger partial charge in [-0.25, -0.2) is 9.80 Å². The Morgan fingerprint density at radius 1 is 1.04 bits per heavy atom. The molecule has 126 valence electrons. The van der Waals surface area contributed by atoms with E-state index in [4.69, 9.17) is 4.74 Å². The van der Waals surface area contributed by atoms with Gasteiger partial charge in [-0.05, 0) is 12.1 Å². The van der Waals surface area contributed by atoms with Gasteiger partial charge in [0, 0.05) is 24.2 Å². The number of hydroxylamine groups is 2. The molecule has 2 aromatic rings. The van der Waals surface area contributed by atoms with E-state index in [1.807, 2.05) is 62.4 Å². The maximum Gasteiger partial charge on any atom is 0.356 e. The van der Waals surface area contributed by atoms with Crippen molar-refractivity contribution in [3.8, 4) is 11.5 Å². The number of hydrogen-bond donors (Lipinski definition) is 2. The number of carbonyl (C=O) groups excluding carboxylic acids is 1. The lowest BCUT2D eigenvalue weighted by atomic mass is 9.94. The van der Waals surface area contributed by atoms with Crippen LogP contribution in [0.4, 0.5) is 4.79 Å². The van der Waals surface area contributed by atoms with Gasteiger partial charge in [0.1, 0.15) is 17.5 Å². The molecule has 0 unspecified atom stereocenters. The Hall–Kier alpha value is -2.57. The van der Waals surface area contributed by atoms with Crippen LogP contribution in [0.2, 0.25) is 0 Å². The maximum absolute atomic E-state index is 12.5. The van der Waals surface area contributed by atoms with Crippen LogP contribution >= 0.6 is 0 Å². The lowest BCUT2D eigenvalue weighted by Gasteiger charge is -2.33. The van der Waals surface area contributed by atoms with Crippen molar-refractivity contribution in [2.45, 2.75) is 19.9 Å². The largest absolute Gasteiger partial charge is 0.457 e. The Balaban J connectivity index is 1.96. The summed E-state index contributed by atoms with van der Waals surface area (Å²) in [6.45, 7) is 5.17. The first kappa shape index (κ1) is 16.3. The highest BCUT2D eigenvalue weighted by Gasteiger charge is 2.34. The molecule has 1 aliphatic rings. The second-order valence-corrected chi connectivity index (χ2v) is 5.51. The zero-order valence-corrected chi connectivity index (χ0v) is 13.8. The number of fused-ring (bicyclic) bond motifs is 2. The molecule has 0 radical (unpaired) electrons. The van der Waals surface area contributed by atoms with Crippen molar-refractivity contribution >= 4 is 6.03 Å². The average molecular weight is 327 g/mol. The monoisotopic (exact) mass is 327 g/mol. The molecule has 0 aromatic heterocycles. The number of ether oxygens (including phenoxy) is 1. The van der Waals surface area contributed by atoms with Gasteiger partial charge in [-0.3, -0.25) is 10.6 Å². The van der Waals surface area contributed by atoms with Crippen LogP contribution in [0.25, 0.3) is 0 Å². The first-order valence-electron chi connectivity index (χ1n) is 8.05. The molecule has 0 saturated heterocycles. The number of hydrazine groups is 1. The number of para-hydroxylation sites is 2. The average Bonchev–Trinajstić information content (AvgIpc) is 2.63. The van der Waals surface area contributed by atoms with E-state index >= 15 is 0 Å². The van der Waals surface area contributed by atoms with Crippen molar-refractivity contribution in [1.29, 1.82) is 0 Å². The smallest absolute Gasteiger partial charge is 0.356 e.